The fourth-order valence-electron chi connectivity index (χ4n) is 2.12. The molecule has 3 aromatic rings. The molecule has 0 aliphatic heterocycles. The number of thioether (sulfide) groups is 1. The summed E-state index contributed by atoms with van der Waals surface area (Å²) < 4.78 is 7.54. The van der Waals surface area contributed by atoms with E-state index in [0.717, 1.165) is 15.6 Å². The van der Waals surface area contributed by atoms with Crippen molar-refractivity contribution in [1.29, 1.82) is 0 Å². The maximum absolute atomic E-state index is 5.95. The van der Waals surface area contributed by atoms with Crippen LogP contribution in [0.5, 0.6) is 5.75 Å². The van der Waals surface area contributed by atoms with Gasteiger partial charge in [0.05, 0.1) is 17.3 Å². The largest absolute Gasteiger partial charge is 0.497 e. The zero-order valence-electron chi connectivity index (χ0n) is 11.7. The summed E-state index contributed by atoms with van der Waals surface area (Å²) in [5, 5.41) is 0.181. The summed E-state index contributed by atoms with van der Waals surface area (Å²) >= 11 is 3.42. The van der Waals surface area contributed by atoms with Crippen molar-refractivity contribution in [2.24, 2.45) is 5.73 Å². The standard InChI is InChI=1S/C16H16N2OS2/c1-19-12-6-4-5-11(9-12)15(10-17)21-16-18-13-7-2-3-8-14(13)20-16/h2-9,15H,10,17H2,1H3. The van der Waals surface area contributed by atoms with Gasteiger partial charge in [0.15, 0.2) is 4.34 Å². The van der Waals surface area contributed by atoms with Crippen molar-refractivity contribution in [3.63, 3.8) is 0 Å². The van der Waals surface area contributed by atoms with E-state index in [0.29, 0.717) is 6.54 Å². The van der Waals surface area contributed by atoms with Crippen molar-refractivity contribution < 1.29 is 4.74 Å². The predicted octanol–water partition coefficient (Wildman–Crippen LogP) is 4.10. The first-order valence-electron chi connectivity index (χ1n) is 6.66. The smallest absolute Gasteiger partial charge is 0.151 e. The van der Waals surface area contributed by atoms with Crippen LogP contribution in [0.25, 0.3) is 10.2 Å². The quantitative estimate of drug-likeness (QED) is 0.720. The van der Waals surface area contributed by atoms with Crippen LogP contribution in [0.4, 0.5) is 0 Å². The number of para-hydroxylation sites is 1. The predicted molar refractivity (Wildman–Crippen MR) is 90.3 cm³/mol. The van der Waals surface area contributed by atoms with Gasteiger partial charge in [0.2, 0.25) is 0 Å². The van der Waals surface area contributed by atoms with Gasteiger partial charge in [0, 0.05) is 11.8 Å². The molecule has 0 radical (unpaired) electrons. The molecular weight excluding hydrogens is 300 g/mol. The van der Waals surface area contributed by atoms with Gasteiger partial charge >= 0.3 is 0 Å². The van der Waals surface area contributed by atoms with Crippen LogP contribution in [0.1, 0.15) is 10.8 Å². The van der Waals surface area contributed by atoms with Crippen LogP contribution in [-0.2, 0) is 0 Å². The topological polar surface area (TPSA) is 48.1 Å². The Bertz CT molecular complexity index is 709. The first-order chi connectivity index (χ1) is 10.3. The number of nitrogens with two attached hydrogens (primary N) is 1. The minimum absolute atomic E-state index is 0.181. The van der Waals surface area contributed by atoms with Gasteiger partial charge in [0.25, 0.3) is 0 Å². The molecule has 0 aliphatic rings. The lowest BCUT2D eigenvalue weighted by Crippen LogP contribution is -2.09. The normalized spacial score (nSPS) is 12.5. The Morgan fingerprint density at radius 2 is 2.10 bits per heavy atom. The Kier molecular flexibility index (Phi) is 4.43. The Morgan fingerprint density at radius 1 is 1.24 bits per heavy atom. The molecule has 108 valence electrons. The molecule has 0 fully saturated rings. The van der Waals surface area contributed by atoms with Crippen molar-refractivity contribution >= 4 is 33.3 Å². The van der Waals surface area contributed by atoms with E-state index in [9.17, 15) is 0 Å². The fraction of sp³-hybridized carbons (Fsp3) is 0.188. The summed E-state index contributed by atoms with van der Waals surface area (Å²) in [7, 11) is 1.68. The van der Waals surface area contributed by atoms with Crippen molar-refractivity contribution in [3.8, 4) is 5.75 Å². The number of methoxy groups -OCH3 is 1. The van der Waals surface area contributed by atoms with Gasteiger partial charge in [-0.2, -0.15) is 0 Å². The lowest BCUT2D eigenvalue weighted by atomic mass is 10.1. The summed E-state index contributed by atoms with van der Waals surface area (Å²) in [5.41, 5.74) is 8.17. The second-order valence-corrected chi connectivity index (χ2v) is 7.05. The molecule has 3 rings (SSSR count). The van der Waals surface area contributed by atoms with Crippen LogP contribution in [0.15, 0.2) is 52.9 Å². The van der Waals surface area contributed by atoms with Crippen LogP contribution in [0.3, 0.4) is 0 Å². The van der Waals surface area contributed by atoms with E-state index in [1.165, 1.54) is 10.3 Å². The first kappa shape index (κ1) is 14.4. The maximum atomic E-state index is 5.95. The van der Waals surface area contributed by atoms with Crippen molar-refractivity contribution in [2.75, 3.05) is 13.7 Å². The molecule has 2 N–H and O–H groups in total. The summed E-state index contributed by atoms with van der Waals surface area (Å²) in [4.78, 5) is 4.66. The van der Waals surface area contributed by atoms with Gasteiger partial charge in [-0.15, -0.1) is 11.3 Å². The molecule has 0 saturated heterocycles. The Morgan fingerprint density at radius 3 is 2.86 bits per heavy atom. The molecule has 0 saturated carbocycles. The average molecular weight is 316 g/mol. The highest BCUT2D eigenvalue weighted by Gasteiger charge is 2.15. The molecule has 3 nitrogen and oxygen atoms in total. The van der Waals surface area contributed by atoms with Gasteiger partial charge in [-0.05, 0) is 29.8 Å². The van der Waals surface area contributed by atoms with Gasteiger partial charge < -0.3 is 10.5 Å². The van der Waals surface area contributed by atoms with Crippen LogP contribution >= 0.6 is 23.1 Å². The molecule has 1 heterocycles. The lowest BCUT2D eigenvalue weighted by molar-refractivity contribution is 0.414. The number of benzene rings is 2. The highest BCUT2D eigenvalue weighted by atomic mass is 32.2. The molecular formula is C16H16N2OS2. The first-order valence-corrected chi connectivity index (χ1v) is 8.36. The Hall–Kier alpha value is -1.56. The molecule has 1 aromatic heterocycles. The Labute approximate surface area is 132 Å². The number of fused-ring (bicyclic) bond motifs is 1. The SMILES string of the molecule is COc1cccc(C(CN)Sc2nc3ccccc3s2)c1. The summed E-state index contributed by atoms with van der Waals surface area (Å²) in [6, 6.07) is 16.3. The maximum Gasteiger partial charge on any atom is 0.151 e. The van der Waals surface area contributed by atoms with Crippen LogP contribution in [-0.4, -0.2) is 18.6 Å². The van der Waals surface area contributed by atoms with Crippen LogP contribution in [0, 0.1) is 0 Å². The minimum atomic E-state index is 0.181. The third-order valence-electron chi connectivity index (χ3n) is 3.20. The van der Waals surface area contributed by atoms with Gasteiger partial charge in [-0.25, -0.2) is 4.98 Å². The lowest BCUT2D eigenvalue weighted by Gasteiger charge is -2.14. The molecule has 0 aliphatic carbocycles. The molecule has 5 heteroatoms. The number of hydrogen-bond donors (Lipinski definition) is 1. The van der Waals surface area contributed by atoms with Gasteiger partial charge in [-0.3, -0.25) is 0 Å². The van der Waals surface area contributed by atoms with E-state index in [4.69, 9.17) is 10.5 Å². The fourth-order valence-corrected chi connectivity index (χ4v) is 4.40. The summed E-state index contributed by atoms with van der Waals surface area (Å²) in [6.45, 7) is 0.563. The van der Waals surface area contributed by atoms with Crippen LogP contribution < -0.4 is 10.5 Å². The van der Waals surface area contributed by atoms with Gasteiger partial charge in [0.1, 0.15) is 5.75 Å². The zero-order chi connectivity index (χ0) is 14.7. The molecule has 0 spiro atoms. The van der Waals surface area contributed by atoms with E-state index in [-0.39, 0.29) is 5.25 Å². The molecule has 21 heavy (non-hydrogen) atoms. The number of ether oxygens (including phenoxy) is 1. The molecule has 1 atom stereocenters. The highest BCUT2D eigenvalue weighted by Crippen LogP contribution is 2.39. The molecule has 1 unspecified atom stereocenters. The molecule has 0 bridgehead atoms. The van der Waals surface area contributed by atoms with Gasteiger partial charge in [-0.1, -0.05) is 36.0 Å². The van der Waals surface area contributed by atoms with E-state index >= 15 is 0 Å². The van der Waals surface area contributed by atoms with Crippen molar-refractivity contribution in [2.45, 2.75) is 9.59 Å². The summed E-state index contributed by atoms with van der Waals surface area (Å²) in [5.74, 6) is 0.857. The number of nitrogens with zero attached hydrogens (tertiary/aromatic N) is 1. The zero-order valence-corrected chi connectivity index (χ0v) is 13.3. The minimum Gasteiger partial charge on any atom is -0.497 e. The summed E-state index contributed by atoms with van der Waals surface area (Å²) in [6.07, 6.45) is 0. The van der Waals surface area contributed by atoms with E-state index in [1.807, 2.05) is 36.4 Å². The second kappa shape index (κ2) is 6.47. The average Bonchev–Trinajstić information content (AvgIpc) is 2.95. The molecule has 2 aromatic carbocycles. The number of thiazole rings is 1. The molecule has 0 amide bonds. The van der Waals surface area contributed by atoms with E-state index < -0.39 is 0 Å². The highest BCUT2D eigenvalue weighted by molar-refractivity contribution is 8.01. The van der Waals surface area contributed by atoms with Crippen LogP contribution in [0.2, 0.25) is 0 Å². The van der Waals surface area contributed by atoms with E-state index in [2.05, 4.69) is 17.1 Å². The number of rotatable bonds is 5. The third kappa shape index (κ3) is 3.20. The number of hydrogen-bond acceptors (Lipinski definition) is 5. The van der Waals surface area contributed by atoms with Crippen molar-refractivity contribution in [1.82, 2.24) is 4.98 Å². The Balaban J connectivity index is 1.86. The monoisotopic (exact) mass is 316 g/mol. The second-order valence-electron chi connectivity index (χ2n) is 4.57. The van der Waals surface area contributed by atoms with Crippen molar-refractivity contribution in [3.05, 3.63) is 54.1 Å². The number of aromatic nitrogens is 1. The third-order valence-corrected chi connectivity index (χ3v) is 5.61. The van der Waals surface area contributed by atoms with E-state index in [1.54, 1.807) is 30.2 Å².